The first-order valence-corrected chi connectivity index (χ1v) is 8.99. The van der Waals surface area contributed by atoms with Crippen LogP contribution in [0.5, 0.6) is 11.5 Å². The second-order valence-electron chi connectivity index (χ2n) is 6.37. The Kier molecular flexibility index (Phi) is 6.04. The largest absolute Gasteiger partial charge is 0.573 e. The van der Waals surface area contributed by atoms with Crippen molar-refractivity contribution >= 4 is 11.6 Å². The summed E-state index contributed by atoms with van der Waals surface area (Å²) < 4.78 is 46.0. The summed E-state index contributed by atoms with van der Waals surface area (Å²) in [7, 11) is 0. The molecule has 1 aromatic carbocycles. The van der Waals surface area contributed by atoms with Crippen molar-refractivity contribution in [3.05, 3.63) is 80.4 Å². The van der Waals surface area contributed by atoms with Crippen LogP contribution in [0, 0.1) is 6.92 Å². The number of pyridine rings is 1. The van der Waals surface area contributed by atoms with E-state index in [0.29, 0.717) is 34.9 Å². The number of aromatic nitrogens is 1. The maximum atomic E-state index is 12.5. The van der Waals surface area contributed by atoms with Gasteiger partial charge in [-0.05, 0) is 49.8 Å². The van der Waals surface area contributed by atoms with E-state index < -0.39 is 6.36 Å². The van der Waals surface area contributed by atoms with E-state index in [2.05, 4.69) is 9.72 Å². The summed E-state index contributed by atoms with van der Waals surface area (Å²) in [5.41, 5.74) is 0.953. The number of allylic oxidation sites excluding steroid dienone is 3. The van der Waals surface area contributed by atoms with Crippen molar-refractivity contribution in [1.29, 1.82) is 0 Å². The third-order valence-corrected chi connectivity index (χ3v) is 4.78. The molecule has 1 aromatic heterocycles. The molecule has 1 heterocycles. The lowest BCUT2D eigenvalue weighted by Crippen LogP contribution is -2.20. The van der Waals surface area contributed by atoms with E-state index in [0.717, 1.165) is 12.1 Å². The fourth-order valence-corrected chi connectivity index (χ4v) is 3.18. The lowest BCUT2D eigenvalue weighted by atomic mass is 9.90. The highest BCUT2D eigenvalue weighted by Gasteiger charge is 2.31. The van der Waals surface area contributed by atoms with Crippen molar-refractivity contribution < 1.29 is 27.8 Å². The Hall–Kier alpha value is -2.71. The van der Waals surface area contributed by atoms with E-state index in [4.69, 9.17) is 16.3 Å². The molecule has 3 rings (SSSR count). The van der Waals surface area contributed by atoms with Crippen LogP contribution in [0.4, 0.5) is 13.2 Å². The van der Waals surface area contributed by atoms with E-state index >= 15 is 0 Å². The van der Waals surface area contributed by atoms with Crippen molar-refractivity contribution in [2.24, 2.45) is 0 Å². The average molecular weight is 428 g/mol. The molecule has 1 unspecified atom stereocenters. The Morgan fingerprint density at radius 2 is 1.90 bits per heavy atom. The summed E-state index contributed by atoms with van der Waals surface area (Å²) in [4.78, 5) is 15.5. The van der Waals surface area contributed by atoms with Crippen LogP contribution in [0.3, 0.4) is 0 Å². The number of alkyl halides is 3. The molecule has 1 aliphatic carbocycles. The van der Waals surface area contributed by atoms with Gasteiger partial charge in [-0.2, -0.15) is 0 Å². The second-order valence-corrected chi connectivity index (χ2v) is 6.75. The molecule has 2 N–H and O–H groups in total. The summed E-state index contributed by atoms with van der Waals surface area (Å²) in [6, 6.07) is 5.02. The van der Waals surface area contributed by atoms with Gasteiger partial charge in [0.05, 0.1) is 6.61 Å². The van der Waals surface area contributed by atoms with Gasteiger partial charge in [0, 0.05) is 22.9 Å². The second kappa shape index (κ2) is 8.34. The van der Waals surface area contributed by atoms with Gasteiger partial charge < -0.3 is 19.6 Å². The summed E-state index contributed by atoms with van der Waals surface area (Å²) in [6.07, 6.45) is 0.834. The Bertz CT molecular complexity index is 1010. The molecule has 0 radical (unpaired) electrons. The van der Waals surface area contributed by atoms with Gasteiger partial charge in [0.25, 0.3) is 0 Å². The van der Waals surface area contributed by atoms with Crippen molar-refractivity contribution in [2.45, 2.75) is 32.2 Å². The molecule has 1 atom stereocenters. The quantitative estimate of drug-likeness (QED) is 0.723. The van der Waals surface area contributed by atoms with Gasteiger partial charge in [-0.3, -0.25) is 4.79 Å². The van der Waals surface area contributed by atoms with Crippen LogP contribution < -0.4 is 14.9 Å². The SMILES string of the molecule is Cc1[nH]c(CO)c(C2C=CC(Oc3ccc(OC(F)(F)F)cc3)=CC2)c(=O)c1Cl. The maximum absolute atomic E-state index is 12.5. The van der Waals surface area contributed by atoms with Gasteiger partial charge in [-0.15, -0.1) is 13.2 Å². The van der Waals surface area contributed by atoms with Gasteiger partial charge in [-0.25, -0.2) is 0 Å². The maximum Gasteiger partial charge on any atom is 0.573 e. The number of aryl methyl sites for hydroxylation is 1. The lowest BCUT2D eigenvalue weighted by Gasteiger charge is -2.19. The predicted octanol–water partition coefficient (Wildman–Crippen LogP) is 4.73. The van der Waals surface area contributed by atoms with Crippen LogP contribution in [0.15, 0.2) is 53.0 Å². The molecule has 0 fully saturated rings. The lowest BCUT2D eigenvalue weighted by molar-refractivity contribution is -0.274. The number of aromatic amines is 1. The van der Waals surface area contributed by atoms with Crippen molar-refractivity contribution in [2.75, 3.05) is 0 Å². The number of H-pyrrole nitrogens is 1. The highest BCUT2D eigenvalue weighted by atomic mass is 35.5. The fraction of sp³-hybridized carbons (Fsp3) is 0.250. The monoisotopic (exact) mass is 427 g/mol. The minimum absolute atomic E-state index is 0.0813. The number of hydrogen-bond acceptors (Lipinski definition) is 4. The number of nitrogens with one attached hydrogen (secondary N) is 1. The topological polar surface area (TPSA) is 71.6 Å². The van der Waals surface area contributed by atoms with Crippen molar-refractivity contribution in [3.63, 3.8) is 0 Å². The highest BCUT2D eigenvalue weighted by Crippen LogP contribution is 2.30. The number of aliphatic hydroxyl groups is 1. The molecule has 0 saturated carbocycles. The Balaban J connectivity index is 1.72. The van der Waals surface area contributed by atoms with Crippen LogP contribution in [0.25, 0.3) is 0 Å². The van der Waals surface area contributed by atoms with E-state index in [9.17, 15) is 23.1 Å². The van der Waals surface area contributed by atoms with Crippen LogP contribution >= 0.6 is 11.6 Å². The fourth-order valence-electron chi connectivity index (χ4n) is 3.03. The molecule has 5 nitrogen and oxygen atoms in total. The summed E-state index contributed by atoms with van der Waals surface area (Å²) in [6.45, 7) is 1.33. The molecule has 0 amide bonds. The number of aliphatic hydroxyl groups excluding tert-OH is 1. The Morgan fingerprint density at radius 1 is 1.24 bits per heavy atom. The minimum atomic E-state index is -4.75. The zero-order valence-corrected chi connectivity index (χ0v) is 16.0. The number of ether oxygens (including phenoxy) is 2. The minimum Gasteiger partial charge on any atom is -0.458 e. The standard InChI is InChI=1S/C20H17ClF3NO4/c1-11-18(21)19(27)17(16(10-26)25-11)12-2-4-13(5-3-12)28-14-6-8-15(9-7-14)29-20(22,23)24/h2,4-9,12,26H,3,10H2,1H3,(H,25,27). The highest BCUT2D eigenvalue weighted by molar-refractivity contribution is 6.31. The molecule has 0 aliphatic heterocycles. The summed E-state index contributed by atoms with van der Waals surface area (Å²) in [5.74, 6) is 0.172. The molecular weight excluding hydrogens is 411 g/mol. The Labute approximate surface area is 169 Å². The van der Waals surface area contributed by atoms with Gasteiger partial charge >= 0.3 is 6.36 Å². The molecule has 0 bridgehead atoms. The van der Waals surface area contributed by atoms with E-state index in [-0.39, 0.29) is 28.7 Å². The molecule has 0 spiro atoms. The number of benzene rings is 1. The predicted molar refractivity (Wildman–Crippen MR) is 101 cm³/mol. The zero-order valence-electron chi connectivity index (χ0n) is 15.2. The smallest absolute Gasteiger partial charge is 0.458 e. The summed E-state index contributed by atoms with van der Waals surface area (Å²) in [5, 5.41) is 9.65. The molecule has 0 saturated heterocycles. The number of rotatable bonds is 5. The molecule has 1 aliphatic rings. The normalized spacial score (nSPS) is 16.5. The van der Waals surface area contributed by atoms with Crippen LogP contribution in [0.1, 0.15) is 29.3 Å². The van der Waals surface area contributed by atoms with Crippen LogP contribution in [-0.2, 0) is 6.61 Å². The van der Waals surface area contributed by atoms with Crippen LogP contribution in [-0.4, -0.2) is 16.5 Å². The first kappa shape index (κ1) is 21.0. The van der Waals surface area contributed by atoms with Gasteiger partial charge in [0.1, 0.15) is 22.3 Å². The van der Waals surface area contributed by atoms with Crippen molar-refractivity contribution in [1.82, 2.24) is 4.98 Å². The molecule has 2 aromatic rings. The van der Waals surface area contributed by atoms with E-state index in [1.54, 1.807) is 25.2 Å². The molecule has 29 heavy (non-hydrogen) atoms. The third-order valence-electron chi connectivity index (χ3n) is 4.32. The van der Waals surface area contributed by atoms with Gasteiger partial charge in [-0.1, -0.05) is 17.7 Å². The molecular formula is C20H17ClF3NO4. The molecule has 9 heteroatoms. The van der Waals surface area contributed by atoms with Gasteiger partial charge in [0.2, 0.25) is 5.43 Å². The first-order chi connectivity index (χ1) is 13.7. The zero-order chi connectivity index (χ0) is 21.2. The number of hydrogen-bond donors (Lipinski definition) is 2. The summed E-state index contributed by atoms with van der Waals surface area (Å²) >= 11 is 6.05. The van der Waals surface area contributed by atoms with Crippen LogP contribution in [0.2, 0.25) is 5.02 Å². The average Bonchev–Trinajstić information content (AvgIpc) is 2.67. The number of halogens is 4. The molecule has 154 valence electrons. The van der Waals surface area contributed by atoms with Gasteiger partial charge in [0.15, 0.2) is 0 Å². The first-order valence-electron chi connectivity index (χ1n) is 8.62. The Morgan fingerprint density at radius 3 is 2.45 bits per heavy atom. The third kappa shape index (κ3) is 5.02. The van der Waals surface area contributed by atoms with Crippen molar-refractivity contribution in [3.8, 4) is 11.5 Å². The van der Waals surface area contributed by atoms with E-state index in [1.807, 2.05) is 0 Å². The van der Waals surface area contributed by atoms with E-state index in [1.165, 1.54) is 12.1 Å².